The predicted octanol–water partition coefficient (Wildman–Crippen LogP) is 2.61. The molecule has 0 spiro atoms. The highest BCUT2D eigenvalue weighted by Gasteiger charge is 2.10. The van der Waals surface area contributed by atoms with Crippen LogP contribution in [-0.4, -0.2) is 5.91 Å². The molecule has 0 radical (unpaired) electrons. The molecule has 0 aliphatic heterocycles. The molecule has 0 aliphatic rings. The summed E-state index contributed by atoms with van der Waals surface area (Å²) in [6.45, 7) is 4.54. The van der Waals surface area contributed by atoms with E-state index in [-0.39, 0.29) is 11.8 Å². The van der Waals surface area contributed by atoms with Crippen molar-refractivity contribution in [3.05, 3.63) is 35.4 Å². The van der Waals surface area contributed by atoms with Gasteiger partial charge in [-0.2, -0.15) is 5.26 Å². The molecule has 1 aromatic carbocycles. The smallest absolute Gasteiger partial charge is 0.223 e. The highest BCUT2D eigenvalue weighted by molar-refractivity contribution is 5.78. The van der Waals surface area contributed by atoms with Crippen LogP contribution in [0.4, 0.5) is 0 Å². The maximum Gasteiger partial charge on any atom is 0.223 e. The summed E-state index contributed by atoms with van der Waals surface area (Å²) in [6, 6.07) is 9.32. The number of benzene rings is 1. The molecule has 1 unspecified atom stereocenters. The lowest BCUT2D eigenvalue weighted by atomic mass is 10.1. The highest BCUT2D eigenvalue weighted by Crippen LogP contribution is 2.06. The Morgan fingerprint density at radius 2 is 2.06 bits per heavy atom. The SMILES string of the molecule is CCCC(C)C(=O)NCc1ccc(C#N)cc1. The first-order valence-corrected chi connectivity index (χ1v) is 5.94. The van der Waals surface area contributed by atoms with Crippen LogP contribution in [0, 0.1) is 17.2 Å². The molecule has 0 heterocycles. The molecule has 17 heavy (non-hydrogen) atoms. The summed E-state index contributed by atoms with van der Waals surface area (Å²) >= 11 is 0. The van der Waals surface area contributed by atoms with Crippen LogP contribution in [0.15, 0.2) is 24.3 Å². The van der Waals surface area contributed by atoms with Gasteiger partial charge in [0.05, 0.1) is 11.6 Å². The second kappa shape index (κ2) is 6.70. The van der Waals surface area contributed by atoms with E-state index in [0.29, 0.717) is 12.1 Å². The van der Waals surface area contributed by atoms with Gasteiger partial charge in [-0.1, -0.05) is 32.4 Å². The molecule has 1 N–H and O–H groups in total. The maximum atomic E-state index is 11.7. The van der Waals surface area contributed by atoms with Gasteiger partial charge >= 0.3 is 0 Å². The number of rotatable bonds is 5. The van der Waals surface area contributed by atoms with E-state index in [1.54, 1.807) is 12.1 Å². The first-order valence-electron chi connectivity index (χ1n) is 5.94. The molecule has 1 rings (SSSR count). The van der Waals surface area contributed by atoms with E-state index in [4.69, 9.17) is 5.26 Å². The van der Waals surface area contributed by atoms with E-state index in [1.165, 1.54) is 0 Å². The standard InChI is InChI=1S/C14H18N2O/c1-3-4-11(2)14(17)16-10-13-7-5-12(9-15)6-8-13/h5-8,11H,3-4,10H2,1-2H3,(H,16,17). The normalized spacial score (nSPS) is 11.6. The number of hydrogen-bond donors (Lipinski definition) is 1. The second-order valence-corrected chi connectivity index (χ2v) is 4.22. The third-order valence-corrected chi connectivity index (χ3v) is 2.72. The zero-order valence-corrected chi connectivity index (χ0v) is 10.4. The molecule has 3 heteroatoms. The summed E-state index contributed by atoms with van der Waals surface area (Å²) in [5, 5.41) is 11.6. The fraction of sp³-hybridized carbons (Fsp3) is 0.429. The van der Waals surface area contributed by atoms with E-state index in [0.717, 1.165) is 18.4 Å². The molecule has 0 aliphatic carbocycles. The number of hydrogen-bond acceptors (Lipinski definition) is 2. The van der Waals surface area contributed by atoms with Gasteiger partial charge in [0.25, 0.3) is 0 Å². The molecule has 0 aromatic heterocycles. The summed E-state index contributed by atoms with van der Waals surface area (Å²) in [5.74, 6) is 0.162. The Morgan fingerprint density at radius 3 is 2.59 bits per heavy atom. The largest absolute Gasteiger partial charge is 0.352 e. The summed E-state index contributed by atoms with van der Waals surface area (Å²) in [7, 11) is 0. The van der Waals surface area contributed by atoms with Gasteiger partial charge in [0, 0.05) is 12.5 Å². The predicted molar refractivity (Wildman–Crippen MR) is 67.1 cm³/mol. The lowest BCUT2D eigenvalue weighted by molar-refractivity contribution is -0.124. The topological polar surface area (TPSA) is 52.9 Å². The van der Waals surface area contributed by atoms with Gasteiger partial charge < -0.3 is 5.32 Å². The van der Waals surface area contributed by atoms with Crippen molar-refractivity contribution in [2.45, 2.75) is 33.2 Å². The second-order valence-electron chi connectivity index (χ2n) is 4.22. The van der Waals surface area contributed by atoms with Gasteiger partial charge in [0.1, 0.15) is 0 Å². The van der Waals surface area contributed by atoms with Gasteiger partial charge in [-0.3, -0.25) is 4.79 Å². The first kappa shape index (κ1) is 13.2. The fourth-order valence-corrected chi connectivity index (χ4v) is 1.62. The molecule has 0 saturated carbocycles. The van der Waals surface area contributed by atoms with Crippen molar-refractivity contribution in [1.82, 2.24) is 5.32 Å². The third-order valence-electron chi connectivity index (χ3n) is 2.72. The molecule has 1 aromatic rings. The lowest BCUT2D eigenvalue weighted by Crippen LogP contribution is -2.28. The minimum atomic E-state index is 0.0679. The Balaban J connectivity index is 2.45. The van der Waals surface area contributed by atoms with Crippen molar-refractivity contribution in [1.29, 1.82) is 5.26 Å². The van der Waals surface area contributed by atoms with Crippen LogP contribution < -0.4 is 5.32 Å². The summed E-state index contributed by atoms with van der Waals surface area (Å²) in [5.41, 5.74) is 1.65. The average Bonchev–Trinajstić information content (AvgIpc) is 2.36. The van der Waals surface area contributed by atoms with Crippen LogP contribution in [0.25, 0.3) is 0 Å². The Bertz CT molecular complexity index is 403. The zero-order valence-electron chi connectivity index (χ0n) is 10.4. The van der Waals surface area contributed by atoms with Crippen molar-refractivity contribution in [2.24, 2.45) is 5.92 Å². The van der Waals surface area contributed by atoms with E-state index in [9.17, 15) is 4.79 Å². The Labute approximate surface area is 102 Å². The fourth-order valence-electron chi connectivity index (χ4n) is 1.62. The zero-order chi connectivity index (χ0) is 12.7. The Kier molecular flexibility index (Phi) is 5.22. The van der Waals surface area contributed by atoms with Crippen LogP contribution in [0.1, 0.15) is 37.8 Å². The van der Waals surface area contributed by atoms with E-state index >= 15 is 0 Å². The molecule has 0 saturated heterocycles. The molecule has 1 amide bonds. The maximum absolute atomic E-state index is 11.7. The molecule has 0 fully saturated rings. The van der Waals surface area contributed by atoms with E-state index < -0.39 is 0 Å². The van der Waals surface area contributed by atoms with Crippen LogP contribution >= 0.6 is 0 Å². The van der Waals surface area contributed by atoms with E-state index in [1.807, 2.05) is 19.1 Å². The molecule has 3 nitrogen and oxygen atoms in total. The number of carbonyl (C=O) groups is 1. The highest BCUT2D eigenvalue weighted by atomic mass is 16.1. The average molecular weight is 230 g/mol. The summed E-state index contributed by atoms with van der Waals surface area (Å²) in [4.78, 5) is 11.7. The van der Waals surface area contributed by atoms with Crippen LogP contribution in [0.3, 0.4) is 0 Å². The molecular formula is C14H18N2O. The number of carbonyl (C=O) groups excluding carboxylic acids is 1. The van der Waals surface area contributed by atoms with Crippen molar-refractivity contribution < 1.29 is 4.79 Å². The van der Waals surface area contributed by atoms with Crippen molar-refractivity contribution >= 4 is 5.91 Å². The summed E-state index contributed by atoms with van der Waals surface area (Å²) < 4.78 is 0. The molecule has 90 valence electrons. The third kappa shape index (κ3) is 4.28. The number of nitrogens with zero attached hydrogens (tertiary/aromatic N) is 1. The number of amides is 1. The van der Waals surface area contributed by atoms with Gasteiger partial charge in [0.15, 0.2) is 0 Å². The molecule has 1 atom stereocenters. The van der Waals surface area contributed by atoms with Crippen LogP contribution in [0.2, 0.25) is 0 Å². The van der Waals surface area contributed by atoms with Gasteiger partial charge in [0.2, 0.25) is 5.91 Å². The molecule has 0 bridgehead atoms. The van der Waals surface area contributed by atoms with E-state index in [2.05, 4.69) is 18.3 Å². The minimum Gasteiger partial charge on any atom is -0.352 e. The van der Waals surface area contributed by atoms with Crippen molar-refractivity contribution in [2.75, 3.05) is 0 Å². The van der Waals surface area contributed by atoms with Crippen molar-refractivity contribution in [3.63, 3.8) is 0 Å². The van der Waals surface area contributed by atoms with Crippen LogP contribution in [-0.2, 0) is 11.3 Å². The number of nitrogens with one attached hydrogen (secondary N) is 1. The quantitative estimate of drug-likeness (QED) is 0.845. The van der Waals surface area contributed by atoms with Gasteiger partial charge in [-0.05, 0) is 24.1 Å². The summed E-state index contributed by atoms with van der Waals surface area (Å²) in [6.07, 6.45) is 1.94. The molecular weight excluding hydrogens is 212 g/mol. The Morgan fingerprint density at radius 1 is 1.41 bits per heavy atom. The van der Waals surface area contributed by atoms with Gasteiger partial charge in [-0.25, -0.2) is 0 Å². The number of nitriles is 1. The Hall–Kier alpha value is -1.82. The van der Waals surface area contributed by atoms with Crippen molar-refractivity contribution in [3.8, 4) is 6.07 Å². The monoisotopic (exact) mass is 230 g/mol. The lowest BCUT2D eigenvalue weighted by Gasteiger charge is -2.11. The van der Waals surface area contributed by atoms with Crippen LogP contribution in [0.5, 0.6) is 0 Å². The van der Waals surface area contributed by atoms with Gasteiger partial charge in [-0.15, -0.1) is 0 Å². The first-order chi connectivity index (χ1) is 8.17. The minimum absolute atomic E-state index is 0.0679.